The summed E-state index contributed by atoms with van der Waals surface area (Å²) in [7, 11) is 1.68. The van der Waals surface area contributed by atoms with Gasteiger partial charge in [0, 0.05) is 78.8 Å². The van der Waals surface area contributed by atoms with Gasteiger partial charge in [-0.1, -0.05) is 44.0 Å². The molecule has 0 spiro atoms. The second-order valence-electron chi connectivity index (χ2n) is 11.8. The van der Waals surface area contributed by atoms with Crippen molar-refractivity contribution in [1.82, 2.24) is 30.8 Å². The predicted molar refractivity (Wildman–Crippen MR) is 195 cm³/mol. The first kappa shape index (κ1) is 35.3. The summed E-state index contributed by atoms with van der Waals surface area (Å²) in [5, 5.41) is 24.2. The minimum absolute atomic E-state index is 0.0168. The van der Waals surface area contributed by atoms with Crippen molar-refractivity contribution in [2.45, 2.75) is 13.8 Å². The molecule has 4 aromatic rings. The fourth-order valence-corrected chi connectivity index (χ4v) is 5.11. The standard InChI is InChI=1S/C37H41N9O4/c1-5-25-20-26(35(47)40-14-15-46-16-18-49-19-17-46)22-27(21-25)42-36-41-13-12-34(45-36)50-32-11-10-31(28-8-6-7-9-29(28)32)43-37(48)44-33(39-4)23-30(38)24(2)3/h1,6-13,20-24,38-39H,14-19H2,2-4H3,(H,40,47)(H,41,42,45)(H2,43,44,48)/b33-23+,38-30?. The summed E-state index contributed by atoms with van der Waals surface area (Å²) in [6.45, 7) is 8.15. The van der Waals surface area contributed by atoms with Gasteiger partial charge in [-0.05, 0) is 42.3 Å². The van der Waals surface area contributed by atoms with Crippen molar-refractivity contribution in [2.24, 2.45) is 5.92 Å². The van der Waals surface area contributed by atoms with Gasteiger partial charge >= 0.3 is 6.03 Å². The number of rotatable bonds is 13. The van der Waals surface area contributed by atoms with Crippen LogP contribution in [0.15, 0.2) is 78.8 Å². The number of morpholine rings is 1. The van der Waals surface area contributed by atoms with E-state index >= 15 is 0 Å². The lowest BCUT2D eigenvalue weighted by atomic mass is 10.1. The summed E-state index contributed by atoms with van der Waals surface area (Å²) in [6, 6.07) is 17.3. The highest BCUT2D eigenvalue weighted by Crippen LogP contribution is 2.34. The normalized spacial score (nSPS) is 13.3. The molecule has 1 fully saturated rings. The minimum Gasteiger partial charge on any atom is -0.438 e. The highest BCUT2D eigenvalue weighted by Gasteiger charge is 2.15. The predicted octanol–water partition coefficient (Wildman–Crippen LogP) is 5.07. The molecule has 0 atom stereocenters. The number of amides is 3. The molecule has 0 bridgehead atoms. The van der Waals surface area contributed by atoms with Crippen LogP contribution in [0.5, 0.6) is 11.6 Å². The third kappa shape index (κ3) is 9.56. The lowest BCUT2D eigenvalue weighted by Crippen LogP contribution is -2.41. The zero-order valence-electron chi connectivity index (χ0n) is 28.3. The van der Waals surface area contributed by atoms with E-state index in [1.165, 1.54) is 0 Å². The number of benzene rings is 3. The molecule has 258 valence electrons. The van der Waals surface area contributed by atoms with E-state index in [2.05, 4.69) is 47.4 Å². The number of hydrogen-bond acceptors (Lipinski definition) is 10. The molecule has 1 saturated heterocycles. The molecule has 1 aliphatic heterocycles. The Morgan fingerprint density at radius 3 is 2.62 bits per heavy atom. The van der Waals surface area contributed by atoms with E-state index in [1.807, 2.05) is 38.1 Å². The lowest BCUT2D eigenvalue weighted by molar-refractivity contribution is 0.0383. The molecular weight excluding hydrogens is 634 g/mol. The van der Waals surface area contributed by atoms with Gasteiger partial charge in [-0.15, -0.1) is 6.42 Å². The van der Waals surface area contributed by atoms with Crippen LogP contribution in [0.25, 0.3) is 10.8 Å². The molecule has 3 aromatic carbocycles. The van der Waals surface area contributed by atoms with Gasteiger partial charge in [0.25, 0.3) is 5.91 Å². The van der Waals surface area contributed by atoms with Crippen LogP contribution in [-0.2, 0) is 4.74 Å². The van der Waals surface area contributed by atoms with Crippen LogP contribution in [0.2, 0.25) is 0 Å². The summed E-state index contributed by atoms with van der Waals surface area (Å²) in [5.41, 5.74) is 2.45. The Morgan fingerprint density at radius 1 is 1.10 bits per heavy atom. The van der Waals surface area contributed by atoms with Crippen LogP contribution in [-0.4, -0.2) is 79.0 Å². The molecule has 1 aliphatic rings. The van der Waals surface area contributed by atoms with Crippen molar-refractivity contribution in [3.8, 4) is 24.0 Å². The molecule has 1 aromatic heterocycles. The number of ether oxygens (including phenoxy) is 2. The van der Waals surface area contributed by atoms with Crippen LogP contribution in [0.3, 0.4) is 0 Å². The van der Waals surface area contributed by atoms with Gasteiger partial charge in [0.15, 0.2) is 0 Å². The van der Waals surface area contributed by atoms with Crippen molar-refractivity contribution in [3.63, 3.8) is 0 Å². The maximum Gasteiger partial charge on any atom is 0.324 e. The Hall–Kier alpha value is -5.97. The van der Waals surface area contributed by atoms with E-state index < -0.39 is 6.03 Å². The molecule has 50 heavy (non-hydrogen) atoms. The number of nitrogens with one attached hydrogen (secondary N) is 6. The van der Waals surface area contributed by atoms with Gasteiger partial charge in [0.2, 0.25) is 11.8 Å². The molecule has 2 heterocycles. The number of aromatic nitrogens is 2. The van der Waals surface area contributed by atoms with Crippen molar-refractivity contribution in [2.75, 3.05) is 57.1 Å². The van der Waals surface area contributed by atoms with Crippen molar-refractivity contribution in [3.05, 3.63) is 89.9 Å². The van der Waals surface area contributed by atoms with Crippen molar-refractivity contribution >= 4 is 45.7 Å². The molecule has 6 N–H and O–H groups in total. The minimum atomic E-state index is -0.463. The Bertz CT molecular complexity index is 1930. The maximum atomic E-state index is 13.0. The van der Waals surface area contributed by atoms with Crippen LogP contribution in [0, 0.1) is 23.7 Å². The number of nitrogens with zero attached hydrogens (tertiary/aromatic N) is 3. The fourth-order valence-electron chi connectivity index (χ4n) is 5.11. The van der Waals surface area contributed by atoms with E-state index in [1.54, 1.807) is 55.7 Å². The molecule has 13 heteroatoms. The van der Waals surface area contributed by atoms with Gasteiger partial charge in [0.1, 0.15) is 11.6 Å². The summed E-state index contributed by atoms with van der Waals surface area (Å²) in [6.07, 6.45) is 8.85. The Balaban J connectivity index is 1.27. The smallest absolute Gasteiger partial charge is 0.324 e. The second kappa shape index (κ2) is 16.9. The fraction of sp³-hybridized carbons (Fsp3) is 0.270. The van der Waals surface area contributed by atoms with Gasteiger partial charge < -0.3 is 36.2 Å². The van der Waals surface area contributed by atoms with Gasteiger partial charge in [-0.3, -0.25) is 15.0 Å². The number of carbonyl (C=O) groups is 2. The number of allylic oxidation sites excluding steroid dienone is 1. The zero-order chi connectivity index (χ0) is 35.5. The molecule has 0 saturated carbocycles. The third-order valence-corrected chi connectivity index (χ3v) is 7.85. The molecule has 5 rings (SSSR count). The first-order chi connectivity index (χ1) is 24.2. The monoisotopic (exact) mass is 675 g/mol. The van der Waals surface area contributed by atoms with Crippen LogP contribution >= 0.6 is 0 Å². The number of terminal acetylenes is 1. The summed E-state index contributed by atoms with van der Waals surface area (Å²) < 4.78 is 11.6. The first-order valence-electron chi connectivity index (χ1n) is 16.3. The summed E-state index contributed by atoms with van der Waals surface area (Å²) in [4.78, 5) is 37.0. The average molecular weight is 676 g/mol. The second-order valence-corrected chi connectivity index (χ2v) is 11.8. The first-order valence-corrected chi connectivity index (χ1v) is 16.3. The SMILES string of the molecule is C#Cc1cc(Nc2nccc(Oc3ccc(NC(=O)N/C(=C/C(=N)C(C)C)NC)c4ccccc34)n2)cc(C(=O)NCCN2CCOCC2)c1. The molecular formula is C37H41N9O4. The van der Waals surface area contributed by atoms with Crippen molar-refractivity contribution in [1.29, 1.82) is 5.41 Å². The molecule has 3 amide bonds. The third-order valence-electron chi connectivity index (χ3n) is 7.85. The summed E-state index contributed by atoms with van der Waals surface area (Å²) in [5.74, 6) is 3.83. The van der Waals surface area contributed by atoms with Crippen LogP contribution in [0.1, 0.15) is 29.8 Å². The van der Waals surface area contributed by atoms with Crippen LogP contribution < -0.4 is 31.3 Å². The maximum absolute atomic E-state index is 13.0. The van der Waals surface area contributed by atoms with E-state index in [0.29, 0.717) is 59.5 Å². The lowest BCUT2D eigenvalue weighted by Gasteiger charge is -2.26. The highest BCUT2D eigenvalue weighted by molar-refractivity contribution is 6.04. The summed E-state index contributed by atoms with van der Waals surface area (Å²) >= 11 is 0. The van der Waals surface area contributed by atoms with E-state index in [0.717, 1.165) is 30.4 Å². The molecule has 13 nitrogen and oxygen atoms in total. The van der Waals surface area contributed by atoms with Gasteiger partial charge in [0.05, 0.1) is 18.9 Å². The molecule has 0 aliphatic carbocycles. The Labute approximate surface area is 291 Å². The van der Waals surface area contributed by atoms with Gasteiger partial charge in [-0.2, -0.15) is 4.98 Å². The average Bonchev–Trinajstić information content (AvgIpc) is 3.12. The van der Waals surface area contributed by atoms with Crippen molar-refractivity contribution < 1.29 is 19.1 Å². The largest absolute Gasteiger partial charge is 0.438 e. The van der Waals surface area contributed by atoms with E-state index in [9.17, 15) is 9.59 Å². The zero-order valence-corrected chi connectivity index (χ0v) is 28.3. The van der Waals surface area contributed by atoms with Crippen LogP contribution in [0.4, 0.5) is 22.1 Å². The highest BCUT2D eigenvalue weighted by atomic mass is 16.5. The molecule has 0 unspecified atom stereocenters. The number of hydrogen-bond donors (Lipinski definition) is 6. The topological polar surface area (TPSA) is 166 Å². The van der Waals surface area contributed by atoms with Gasteiger partial charge in [-0.25, -0.2) is 9.78 Å². The Kier molecular flexibility index (Phi) is 12.0. The number of anilines is 3. The number of carbonyl (C=O) groups excluding carboxylic acids is 2. The molecule has 0 radical (unpaired) electrons. The van der Waals surface area contributed by atoms with E-state index in [4.69, 9.17) is 21.3 Å². The Morgan fingerprint density at radius 2 is 1.88 bits per heavy atom. The quantitative estimate of drug-likeness (QED) is 0.0839. The number of urea groups is 1. The number of fused-ring (bicyclic) bond motifs is 1. The van der Waals surface area contributed by atoms with E-state index in [-0.39, 0.29) is 23.7 Å².